The molecule has 1 N–H and O–H groups in total. The molecule has 0 saturated heterocycles. The SMILES string of the molecule is Cc1ccc(-c2nc(CCCCCc3ccc(Cl)c(C)c3)n3[nH]c(=O)cc3n2)cc1. The fourth-order valence-electron chi connectivity index (χ4n) is 3.62. The first-order valence-electron chi connectivity index (χ1n) is 10.3. The summed E-state index contributed by atoms with van der Waals surface area (Å²) in [5, 5.41) is 3.63. The summed E-state index contributed by atoms with van der Waals surface area (Å²) in [7, 11) is 0. The number of aromatic nitrogens is 4. The maximum atomic E-state index is 11.9. The molecule has 6 heteroatoms. The van der Waals surface area contributed by atoms with Crippen LogP contribution in [0.15, 0.2) is 53.3 Å². The summed E-state index contributed by atoms with van der Waals surface area (Å²) < 4.78 is 1.71. The molecule has 5 nitrogen and oxygen atoms in total. The minimum absolute atomic E-state index is 0.162. The number of benzene rings is 2. The number of fused-ring (bicyclic) bond motifs is 1. The van der Waals surface area contributed by atoms with Crippen molar-refractivity contribution in [2.75, 3.05) is 0 Å². The molecule has 154 valence electrons. The summed E-state index contributed by atoms with van der Waals surface area (Å²) in [5.74, 6) is 1.49. The van der Waals surface area contributed by atoms with Crippen LogP contribution in [0.1, 0.15) is 41.8 Å². The third kappa shape index (κ3) is 4.62. The van der Waals surface area contributed by atoms with Gasteiger partial charge in [-0.3, -0.25) is 9.89 Å². The minimum Gasteiger partial charge on any atom is -0.268 e. The first-order chi connectivity index (χ1) is 14.5. The van der Waals surface area contributed by atoms with Gasteiger partial charge < -0.3 is 0 Å². The van der Waals surface area contributed by atoms with E-state index in [9.17, 15) is 4.79 Å². The molecule has 0 aliphatic heterocycles. The Hall–Kier alpha value is -2.92. The number of rotatable bonds is 7. The van der Waals surface area contributed by atoms with Crippen molar-refractivity contribution in [3.8, 4) is 11.4 Å². The Bertz CT molecular complexity index is 1220. The van der Waals surface area contributed by atoms with E-state index in [1.165, 1.54) is 17.2 Å². The topological polar surface area (TPSA) is 63.1 Å². The summed E-state index contributed by atoms with van der Waals surface area (Å²) in [6, 6.07) is 15.9. The van der Waals surface area contributed by atoms with Gasteiger partial charge in [0, 0.05) is 23.1 Å². The van der Waals surface area contributed by atoms with E-state index in [0.29, 0.717) is 11.5 Å². The molecule has 0 aliphatic rings. The lowest BCUT2D eigenvalue weighted by molar-refractivity contribution is 0.644. The van der Waals surface area contributed by atoms with Crippen molar-refractivity contribution in [3.05, 3.63) is 86.4 Å². The molecule has 0 bridgehead atoms. The van der Waals surface area contributed by atoms with Crippen LogP contribution in [0.3, 0.4) is 0 Å². The van der Waals surface area contributed by atoms with Crippen LogP contribution in [0.25, 0.3) is 17.0 Å². The van der Waals surface area contributed by atoms with E-state index in [1.54, 1.807) is 4.52 Å². The Kier molecular flexibility index (Phi) is 6.00. The summed E-state index contributed by atoms with van der Waals surface area (Å²) >= 11 is 6.11. The molecule has 0 saturated carbocycles. The van der Waals surface area contributed by atoms with Crippen LogP contribution in [0, 0.1) is 13.8 Å². The van der Waals surface area contributed by atoms with E-state index in [-0.39, 0.29) is 5.56 Å². The molecule has 2 aromatic heterocycles. The Morgan fingerprint density at radius 1 is 0.933 bits per heavy atom. The van der Waals surface area contributed by atoms with Crippen LogP contribution in [0.4, 0.5) is 0 Å². The summed E-state index contributed by atoms with van der Waals surface area (Å²) in [6.45, 7) is 4.09. The number of unbranched alkanes of at least 4 members (excludes halogenated alkanes) is 2. The normalized spacial score (nSPS) is 11.3. The van der Waals surface area contributed by atoms with Gasteiger partial charge in [0.05, 0.1) is 0 Å². The smallest absolute Gasteiger partial charge is 0.266 e. The van der Waals surface area contributed by atoms with Crippen molar-refractivity contribution in [2.24, 2.45) is 0 Å². The predicted molar refractivity (Wildman–Crippen MR) is 121 cm³/mol. The largest absolute Gasteiger partial charge is 0.268 e. The third-order valence-electron chi connectivity index (χ3n) is 5.32. The molecule has 0 spiro atoms. The Labute approximate surface area is 180 Å². The highest BCUT2D eigenvalue weighted by molar-refractivity contribution is 6.31. The standard InChI is InChI=1S/C24H25ClN4O/c1-16-8-11-19(12-9-16)24-26-21(29-22(27-24)15-23(30)28-29)7-5-3-4-6-18-10-13-20(25)17(2)14-18/h8-15H,3-7H2,1-2H3,(H,28,30). The summed E-state index contributed by atoms with van der Waals surface area (Å²) in [4.78, 5) is 21.2. The number of aryl methyl sites for hydroxylation is 4. The van der Waals surface area contributed by atoms with Crippen LogP contribution in [-0.4, -0.2) is 19.6 Å². The van der Waals surface area contributed by atoms with Crippen LogP contribution in [0.5, 0.6) is 0 Å². The van der Waals surface area contributed by atoms with Crippen LogP contribution in [-0.2, 0) is 12.8 Å². The second-order valence-corrected chi connectivity index (χ2v) is 8.19. The number of halogens is 1. The molecule has 0 unspecified atom stereocenters. The zero-order valence-corrected chi connectivity index (χ0v) is 18.0. The summed E-state index contributed by atoms with van der Waals surface area (Å²) in [5.41, 5.74) is 5.03. The van der Waals surface area contributed by atoms with E-state index in [4.69, 9.17) is 16.6 Å². The van der Waals surface area contributed by atoms with Crippen LogP contribution < -0.4 is 5.56 Å². The number of aromatic amines is 1. The predicted octanol–water partition coefficient (Wildman–Crippen LogP) is 5.31. The Morgan fingerprint density at radius 3 is 2.47 bits per heavy atom. The molecule has 4 rings (SSSR count). The monoisotopic (exact) mass is 420 g/mol. The number of nitrogens with one attached hydrogen (secondary N) is 1. The van der Waals surface area contributed by atoms with Gasteiger partial charge in [-0.1, -0.05) is 60.0 Å². The molecular weight excluding hydrogens is 396 g/mol. The number of nitrogens with zero attached hydrogens (tertiary/aromatic N) is 3. The lowest BCUT2D eigenvalue weighted by atomic mass is 10.0. The van der Waals surface area contributed by atoms with Gasteiger partial charge in [-0.15, -0.1) is 0 Å². The zero-order valence-electron chi connectivity index (χ0n) is 17.3. The fourth-order valence-corrected chi connectivity index (χ4v) is 3.73. The third-order valence-corrected chi connectivity index (χ3v) is 5.75. The summed E-state index contributed by atoms with van der Waals surface area (Å²) in [6.07, 6.45) is 4.99. The number of H-pyrrole nitrogens is 1. The van der Waals surface area contributed by atoms with E-state index in [2.05, 4.69) is 29.1 Å². The van der Waals surface area contributed by atoms with Crippen molar-refractivity contribution >= 4 is 17.2 Å². The quantitative estimate of drug-likeness (QED) is 0.412. The van der Waals surface area contributed by atoms with Crippen molar-refractivity contribution < 1.29 is 0 Å². The van der Waals surface area contributed by atoms with E-state index in [0.717, 1.165) is 54.1 Å². The molecule has 2 aromatic carbocycles. The Morgan fingerprint density at radius 2 is 1.70 bits per heavy atom. The number of hydrogen-bond donors (Lipinski definition) is 1. The van der Waals surface area contributed by atoms with Gasteiger partial charge in [0.25, 0.3) is 5.56 Å². The van der Waals surface area contributed by atoms with Crippen molar-refractivity contribution in [1.82, 2.24) is 19.6 Å². The van der Waals surface area contributed by atoms with Gasteiger partial charge >= 0.3 is 0 Å². The molecule has 2 heterocycles. The van der Waals surface area contributed by atoms with Gasteiger partial charge in [-0.2, -0.15) is 0 Å². The van der Waals surface area contributed by atoms with Gasteiger partial charge in [-0.25, -0.2) is 14.5 Å². The molecule has 0 atom stereocenters. The van der Waals surface area contributed by atoms with E-state index >= 15 is 0 Å². The highest BCUT2D eigenvalue weighted by atomic mass is 35.5. The number of hydrogen-bond acceptors (Lipinski definition) is 3. The molecule has 0 radical (unpaired) electrons. The van der Waals surface area contributed by atoms with Crippen molar-refractivity contribution in [3.63, 3.8) is 0 Å². The molecular formula is C24H25ClN4O. The van der Waals surface area contributed by atoms with Crippen LogP contribution in [0.2, 0.25) is 5.02 Å². The Balaban J connectivity index is 1.45. The first kappa shape index (κ1) is 20.4. The van der Waals surface area contributed by atoms with Gasteiger partial charge in [0.15, 0.2) is 11.5 Å². The molecule has 4 aromatic rings. The van der Waals surface area contributed by atoms with Crippen molar-refractivity contribution in [2.45, 2.75) is 46.0 Å². The van der Waals surface area contributed by atoms with Gasteiger partial charge in [-0.05, 0) is 50.3 Å². The maximum Gasteiger partial charge on any atom is 0.266 e. The average molecular weight is 421 g/mol. The average Bonchev–Trinajstić information content (AvgIpc) is 3.11. The lowest BCUT2D eigenvalue weighted by Gasteiger charge is -2.08. The minimum atomic E-state index is -0.162. The molecule has 0 aliphatic carbocycles. The van der Waals surface area contributed by atoms with E-state index < -0.39 is 0 Å². The maximum absolute atomic E-state index is 11.9. The molecule has 0 amide bonds. The zero-order chi connectivity index (χ0) is 21.1. The molecule has 30 heavy (non-hydrogen) atoms. The van der Waals surface area contributed by atoms with Crippen molar-refractivity contribution in [1.29, 1.82) is 0 Å². The molecule has 0 fully saturated rings. The van der Waals surface area contributed by atoms with Crippen LogP contribution >= 0.6 is 11.6 Å². The fraction of sp³-hybridized carbons (Fsp3) is 0.292. The highest BCUT2D eigenvalue weighted by Gasteiger charge is 2.11. The van der Waals surface area contributed by atoms with Gasteiger partial charge in [0.2, 0.25) is 0 Å². The second-order valence-electron chi connectivity index (χ2n) is 7.79. The second kappa shape index (κ2) is 8.84. The lowest BCUT2D eigenvalue weighted by Crippen LogP contribution is -2.08. The highest BCUT2D eigenvalue weighted by Crippen LogP contribution is 2.19. The first-order valence-corrected chi connectivity index (χ1v) is 10.7. The van der Waals surface area contributed by atoms with Gasteiger partial charge in [0.1, 0.15) is 5.82 Å². The van der Waals surface area contributed by atoms with E-state index in [1.807, 2.05) is 37.3 Å².